The number of ether oxygens (including phenoxy) is 2. The van der Waals surface area contributed by atoms with Gasteiger partial charge in [-0.2, -0.15) is 0 Å². The van der Waals surface area contributed by atoms with Gasteiger partial charge < -0.3 is 18.9 Å². The lowest BCUT2D eigenvalue weighted by molar-refractivity contribution is -0.870. The maximum atomic E-state index is 12.7. The summed E-state index contributed by atoms with van der Waals surface area (Å²) in [5.41, 5.74) is 0. The molecule has 0 aromatic carbocycles. The second-order valence-electron chi connectivity index (χ2n) is 18.9. The lowest BCUT2D eigenvalue weighted by atomic mass is 10.0. The van der Waals surface area contributed by atoms with Crippen molar-refractivity contribution in [2.24, 2.45) is 0 Å². The van der Waals surface area contributed by atoms with E-state index in [4.69, 9.17) is 18.5 Å². The van der Waals surface area contributed by atoms with Gasteiger partial charge in [0.25, 0.3) is 0 Å². The molecule has 1 N–H and O–H groups in total. The molecule has 0 fully saturated rings. The smallest absolute Gasteiger partial charge is 0.457 e. The minimum atomic E-state index is -4.27. The molecule has 0 rings (SSSR count). The summed E-state index contributed by atoms with van der Waals surface area (Å²) in [6.07, 6.45) is 48.6. The van der Waals surface area contributed by atoms with E-state index in [1.807, 2.05) is 21.1 Å². The standard InChI is InChI=1S/C50H102NO7P/c1-6-8-10-12-14-16-18-20-22-24-25-26-28-30-32-34-36-38-40-42-45-55-47-49(48-57-59(53,54)56-46-44-51(3,4)5)58-50(52)43-41-39-37-35-33-31-29-27-23-21-19-17-15-13-11-9-7-2/h49H,6-48H2,1-5H3/p+1/t49-/m1/s1. The van der Waals surface area contributed by atoms with E-state index in [1.54, 1.807) is 0 Å². The number of nitrogens with zero attached hydrogens (tertiary/aromatic N) is 1. The SMILES string of the molecule is CCCCCCCCCCCCCCCCCCCCCCOC[C@H](COP(=O)(O)OCC[N+](C)(C)C)OC(=O)CCCCCCCCCCCCCCCCCCC. The number of phosphoric ester groups is 1. The van der Waals surface area contributed by atoms with E-state index >= 15 is 0 Å². The van der Waals surface area contributed by atoms with Crippen LogP contribution in [0.5, 0.6) is 0 Å². The Bertz CT molecular complexity index is 914. The Morgan fingerprint density at radius 2 is 0.780 bits per heavy atom. The Kier molecular flexibility index (Phi) is 43.7. The van der Waals surface area contributed by atoms with Crippen molar-refractivity contribution < 1.29 is 37.3 Å². The first-order valence-corrected chi connectivity index (χ1v) is 27.3. The Morgan fingerprint density at radius 3 is 1.12 bits per heavy atom. The van der Waals surface area contributed by atoms with Gasteiger partial charge in [-0.3, -0.25) is 13.8 Å². The topological polar surface area (TPSA) is 91.3 Å². The number of hydrogen-bond donors (Lipinski definition) is 1. The Labute approximate surface area is 368 Å². The number of esters is 1. The number of hydrogen-bond acceptors (Lipinski definition) is 6. The van der Waals surface area contributed by atoms with Crippen LogP contribution in [-0.4, -0.2) is 75.6 Å². The Hall–Kier alpha value is -0.500. The van der Waals surface area contributed by atoms with Crippen LogP contribution in [0.2, 0.25) is 0 Å². The summed E-state index contributed by atoms with van der Waals surface area (Å²) < 4.78 is 35.2. The van der Waals surface area contributed by atoms with Crippen molar-refractivity contribution in [1.82, 2.24) is 0 Å². The van der Waals surface area contributed by atoms with Gasteiger partial charge in [-0.15, -0.1) is 0 Å². The Morgan fingerprint density at radius 1 is 0.458 bits per heavy atom. The number of carbonyl (C=O) groups is 1. The number of rotatable bonds is 49. The number of likely N-dealkylation sites (N-methyl/N-ethyl adjacent to an activating group) is 1. The highest BCUT2D eigenvalue weighted by Crippen LogP contribution is 2.43. The van der Waals surface area contributed by atoms with Crippen molar-refractivity contribution in [1.29, 1.82) is 0 Å². The molecule has 0 saturated carbocycles. The lowest BCUT2D eigenvalue weighted by Gasteiger charge is -2.24. The first-order valence-electron chi connectivity index (χ1n) is 25.8. The average Bonchev–Trinajstić information content (AvgIpc) is 3.19. The Balaban J connectivity index is 4.08. The van der Waals surface area contributed by atoms with Crippen LogP contribution in [0.1, 0.15) is 258 Å². The fourth-order valence-corrected chi connectivity index (χ4v) is 8.42. The summed E-state index contributed by atoms with van der Waals surface area (Å²) in [6, 6.07) is 0. The van der Waals surface area contributed by atoms with E-state index in [9.17, 15) is 14.3 Å². The highest BCUT2D eigenvalue weighted by atomic mass is 31.2. The molecule has 0 aromatic rings. The molecule has 0 amide bonds. The van der Waals surface area contributed by atoms with E-state index in [-0.39, 0.29) is 25.8 Å². The molecule has 0 aliphatic heterocycles. The third-order valence-electron chi connectivity index (χ3n) is 11.7. The zero-order valence-corrected chi connectivity index (χ0v) is 41.2. The van der Waals surface area contributed by atoms with Crippen LogP contribution in [0.4, 0.5) is 0 Å². The molecule has 0 spiro atoms. The predicted molar refractivity (Wildman–Crippen MR) is 252 cm³/mol. The van der Waals surface area contributed by atoms with Crippen LogP contribution in [0.3, 0.4) is 0 Å². The molecule has 0 heterocycles. The second kappa shape index (κ2) is 44.1. The van der Waals surface area contributed by atoms with Gasteiger partial charge in [-0.1, -0.05) is 239 Å². The fraction of sp³-hybridized carbons (Fsp3) is 0.980. The van der Waals surface area contributed by atoms with Crippen molar-refractivity contribution in [2.45, 2.75) is 264 Å². The molecule has 354 valence electrons. The van der Waals surface area contributed by atoms with Gasteiger partial charge in [0.2, 0.25) is 0 Å². The summed E-state index contributed by atoms with van der Waals surface area (Å²) in [6.45, 7) is 5.70. The fourth-order valence-electron chi connectivity index (χ4n) is 7.67. The third kappa shape index (κ3) is 48.4. The molecule has 9 heteroatoms. The molecule has 0 aromatic heterocycles. The lowest BCUT2D eigenvalue weighted by Crippen LogP contribution is -2.37. The normalized spacial score (nSPS) is 13.5. The number of phosphoric acid groups is 1. The molecule has 1 unspecified atom stereocenters. The zero-order chi connectivity index (χ0) is 43.4. The van der Waals surface area contributed by atoms with E-state index in [0.29, 0.717) is 24.1 Å². The van der Waals surface area contributed by atoms with Gasteiger partial charge in [0.05, 0.1) is 34.4 Å². The van der Waals surface area contributed by atoms with Crippen LogP contribution in [0.15, 0.2) is 0 Å². The quantitative estimate of drug-likeness (QED) is 0.0282. The molecular weight excluding hydrogens is 758 g/mol. The summed E-state index contributed by atoms with van der Waals surface area (Å²) in [7, 11) is 1.69. The van der Waals surface area contributed by atoms with E-state index in [2.05, 4.69) is 13.8 Å². The number of quaternary nitrogens is 1. The minimum Gasteiger partial charge on any atom is -0.457 e. The van der Waals surface area contributed by atoms with Gasteiger partial charge in [0.1, 0.15) is 19.3 Å². The summed E-state index contributed by atoms with van der Waals surface area (Å²) in [5.74, 6) is -0.305. The molecule has 2 atom stereocenters. The van der Waals surface area contributed by atoms with Crippen molar-refractivity contribution in [2.75, 3.05) is 54.1 Å². The van der Waals surface area contributed by atoms with E-state index in [1.165, 1.54) is 205 Å². The molecule has 0 aliphatic carbocycles. The van der Waals surface area contributed by atoms with Crippen LogP contribution in [0, 0.1) is 0 Å². The second-order valence-corrected chi connectivity index (χ2v) is 20.4. The van der Waals surface area contributed by atoms with Gasteiger partial charge in [0, 0.05) is 13.0 Å². The number of unbranched alkanes of at least 4 members (excludes halogenated alkanes) is 35. The van der Waals surface area contributed by atoms with Crippen LogP contribution in [0.25, 0.3) is 0 Å². The summed E-state index contributed by atoms with van der Waals surface area (Å²) in [4.78, 5) is 23.0. The largest absolute Gasteiger partial charge is 0.472 e. The molecule has 0 bridgehead atoms. The molecule has 0 radical (unpaired) electrons. The molecule has 59 heavy (non-hydrogen) atoms. The highest BCUT2D eigenvalue weighted by molar-refractivity contribution is 7.47. The molecule has 8 nitrogen and oxygen atoms in total. The maximum Gasteiger partial charge on any atom is 0.472 e. The first-order chi connectivity index (χ1) is 28.6. The number of carbonyl (C=O) groups excluding carboxylic acids is 1. The highest BCUT2D eigenvalue weighted by Gasteiger charge is 2.26. The van der Waals surface area contributed by atoms with Crippen LogP contribution >= 0.6 is 7.82 Å². The predicted octanol–water partition coefficient (Wildman–Crippen LogP) is 15.6. The van der Waals surface area contributed by atoms with E-state index < -0.39 is 13.9 Å². The van der Waals surface area contributed by atoms with Gasteiger partial charge >= 0.3 is 13.8 Å². The van der Waals surface area contributed by atoms with Gasteiger partial charge in [-0.05, 0) is 12.8 Å². The minimum absolute atomic E-state index is 0.0942. The van der Waals surface area contributed by atoms with Gasteiger partial charge in [-0.25, -0.2) is 4.57 Å². The zero-order valence-electron chi connectivity index (χ0n) is 40.3. The van der Waals surface area contributed by atoms with Gasteiger partial charge in [0.15, 0.2) is 0 Å². The molecule has 0 aliphatic rings. The van der Waals surface area contributed by atoms with Crippen LogP contribution in [-0.2, 0) is 27.9 Å². The summed E-state index contributed by atoms with van der Waals surface area (Å²) in [5, 5.41) is 0. The third-order valence-corrected chi connectivity index (χ3v) is 12.7. The molecular formula is C50H103NO7P+. The van der Waals surface area contributed by atoms with E-state index in [0.717, 1.165) is 32.1 Å². The van der Waals surface area contributed by atoms with Crippen molar-refractivity contribution in [3.8, 4) is 0 Å². The first kappa shape index (κ1) is 58.5. The summed E-state index contributed by atoms with van der Waals surface area (Å²) >= 11 is 0. The maximum absolute atomic E-state index is 12.7. The average molecular weight is 861 g/mol. The molecule has 0 saturated heterocycles. The van der Waals surface area contributed by atoms with Crippen molar-refractivity contribution >= 4 is 13.8 Å². The van der Waals surface area contributed by atoms with Crippen molar-refractivity contribution in [3.05, 3.63) is 0 Å². The monoisotopic (exact) mass is 861 g/mol. The van der Waals surface area contributed by atoms with Crippen molar-refractivity contribution in [3.63, 3.8) is 0 Å². The van der Waals surface area contributed by atoms with Crippen LogP contribution < -0.4 is 0 Å².